The number of aromatic amines is 1. The first-order chi connectivity index (χ1) is 12.8. The number of carbonyl (C=O) groups is 2. The zero-order valence-corrected chi connectivity index (χ0v) is 16.1. The van der Waals surface area contributed by atoms with Gasteiger partial charge in [-0.15, -0.1) is 0 Å². The molecule has 7 nitrogen and oxygen atoms in total. The van der Waals surface area contributed by atoms with Crippen LogP contribution in [0.4, 0.5) is 0 Å². The van der Waals surface area contributed by atoms with Gasteiger partial charge in [-0.1, -0.05) is 6.07 Å². The fourth-order valence-corrected chi connectivity index (χ4v) is 4.73. The van der Waals surface area contributed by atoms with Crippen LogP contribution in [0.3, 0.4) is 0 Å². The molecule has 0 saturated carbocycles. The van der Waals surface area contributed by atoms with E-state index in [-0.39, 0.29) is 12.3 Å². The molecule has 2 aromatic rings. The summed E-state index contributed by atoms with van der Waals surface area (Å²) in [6, 6.07) is 4.17. The lowest BCUT2D eigenvalue weighted by molar-refractivity contribution is -0.146. The highest BCUT2D eigenvalue weighted by Gasteiger charge is 2.55. The molecule has 3 heterocycles. The predicted molar refractivity (Wildman–Crippen MR) is 101 cm³/mol. The smallest absolute Gasteiger partial charge is 0.309 e. The van der Waals surface area contributed by atoms with Gasteiger partial charge in [-0.3, -0.25) is 14.5 Å². The maximum absolute atomic E-state index is 12.1. The fraction of sp³-hybridized carbons (Fsp3) is 0.550. The maximum atomic E-state index is 12.1. The van der Waals surface area contributed by atoms with Crippen LogP contribution in [-0.4, -0.2) is 62.4 Å². The minimum Gasteiger partial charge on any atom is -0.481 e. The van der Waals surface area contributed by atoms with Crippen molar-refractivity contribution in [2.24, 2.45) is 5.92 Å². The SMILES string of the molecule is Cc1ccc2[nH]c(CN3CCC4(CC3)[C@H](C(=O)O)CC(=O)N4C)nc2c1C. The van der Waals surface area contributed by atoms with Crippen LogP contribution in [0.5, 0.6) is 0 Å². The molecule has 2 aliphatic rings. The van der Waals surface area contributed by atoms with Crippen LogP contribution >= 0.6 is 0 Å². The lowest BCUT2D eigenvalue weighted by Gasteiger charge is -2.45. The molecule has 2 saturated heterocycles. The Kier molecular flexibility index (Phi) is 4.22. The molecule has 27 heavy (non-hydrogen) atoms. The van der Waals surface area contributed by atoms with Crippen molar-refractivity contribution in [1.29, 1.82) is 0 Å². The van der Waals surface area contributed by atoms with Gasteiger partial charge >= 0.3 is 5.97 Å². The summed E-state index contributed by atoms with van der Waals surface area (Å²) in [6.07, 6.45) is 1.49. The Morgan fingerprint density at radius 2 is 2.04 bits per heavy atom. The largest absolute Gasteiger partial charge is 0.481 e. The number of benzene rings is 1. The number of carboxylic acid groups (broad SMARTS) is 1. The van der Waals surface area contributed by atoms with Gasteiger partial charge < -0.3 is 15.0 Å². The van der Waals surface area contributed by atoms with E-state index in [2.05, 4.69) is 35.9 Å². The van der Waals surface area contributed by atoms with Crippen molar-refractivity contribution < 1.29 is 14.7 Å². The van der Waals surface area contributed by atoms with E-state index in [4.69, 9.17) is 4.98 Å². The van der Waals surface area contributed by atoms with Gasteiger partial charge in [0.2, 0.25) is 5.91 Å². The zero-order valence-electron chi connectivity index (χ0n) is 16.1. The molecule has 0 bridgehead atoms. The van der Waals surface area contributed by atoms with Crippen LogP contribution in [0.25, 0.3) is 11.0 Å². The number of aryl methyl sites for hydroxylation is 2. The summed E-state index contributed by atoms with van der Waals surface area (Å²) >= 11 is 0. The highest BCUT2D eigenvalue weighted by molar-refractivity contribution is 5.88. The fourth-order valence-electron chi connectivity index (χ4n) is 4.73. The number of hydrogen-bond acceptors (Lipinski definition) is 4. The van der Waals surface area contributed by atoms with Gasteiger partial charge in [0.1, 0.15) is 5.82 Å². The van der Waals surface area contributed by atoms with E-state index in [0.717, 1.165) is 29.9 Å². The second-order valence-corrected chi connectivity index (χ2v) is 8.01. The average molecular weight is 370 g/mol. The number of carbonyl (C=O) groups excluding carboxylic acids is 1. The minimum absolute atomic E-state index is 0.0565. The van der Waals surface area contributed by atoms with E-state index in [9.17, 15) is 14.7 Å². The number of likely N-dealkylation sites (tertiary alicyclic amines) is 2. The Morgan fingerprint density at radius 1 is 1.33 bits per heavy atom. The van der Waals surface area contributed by atoms with Gasteiger partial charge in [0.15, 0.2) is 0 Å². The molecule has 1 atom stereocenters. The highest BCUT2D eigenvalue weighted by Crippen LogP contribution is 2.43. The molecule has 1 amide bonds. The van der Waals surface area contributed by atoms with Crippen molar-refractivity contribution in [3.63, 3.8) is 0 Å². The first-order valence-corrected chi connectivity index (χ1v) is 9.48. The Balaban J connectivity index is 1.49. The summed E-state index contributed by atoms with van der Waals surface area (Å²) in [5, 5.41) is 9.59. The lowest BCUT2D eigenvalue weighted by Crippen LogP contribution is -2.56. The van der Waals surface area contributed by atoms with Crippen LogP contribution in [0.1, 0.15) is 36.2 Å². The van der Waals surface area contributed by atoms with Crippen molar-refractivity contribution in [2.45, 2.75) is 45.2 Å². The Bertz CT molecular complexity index is 911. The summed E-state index contributed by atoms with van der Waals surface area (Å²) in [6.45, 7) is 6.41. The third kappa shape index (κ3) is 2.81. The Labute approximate surface area is 158 Å². The van der Waals surface area contributed by atoms with Gasteiger partial charge in [0.25, 0.3) is 0 Å². The van der Waals surface area contributed by atoms with Crippen LogP contribution < -0.4 is 0 Å². The molecule has 7 heteroatoms. The number of aromatic nitrogens is 2. The Morgan fingerprint density at radius 3 is 2.70 bits per heavy atom. The number of fused-ring (bicyclic) bond motifs is 1. The van der Waals surface area contributed by atoms with Crippen molar-refractivity contribution in [3.8, 4) is 0 Å². The summed E-state index contributed by atoms with van der Waals surface area (Å²) in [4.78, 5) is 36.0. The molecule has 0 radical (unpaired) electrons. The molecule has 2 N–H and O–H groups in total. The van der Waals surface area contributed by atoms with Crippen molar-refractivity contribution in [2.75, 3.05) is 20.1 Å². The number of aliphatic carboxylic acids is 1. The number of amides is 1. The number of imidazole rings is 1. The van der Waals surface area contributed by atoms with Crippen LogP contribution in [-0.2, 0) is 16.1 Å². The predicted octanol–water partition coefficient (Wildman–Crippen LogP) is 2.08. The molecule has 1 aromatic carbocycles. The monoisotopic (exact) mass is 370 g/mol. The number of hydrogen-bond donors (Lipinski definition) is 2. The van der Waals surface area contributed by atoms with E-state index in [1.54, 1.807) is 11.9 Å². The quantitative estimate of drug-likeness (QED) is 0.863. The summed E-state index contributed by atoms with van der Waals surface area (Å²) in [7, 11) is 1.76. The third-order valence-corrected chi connectivity index (χ3v) is 6.69. The van der Waals surface area contributed by atoms with E-state index in [1.807, 2.05) is 0 Å². The van der Waals surface area contributed by atoms with Crippen molar-refractivity contribution in [1.82, 2.24) is 19.8 Å². The molecule has 4 rings (SSSR count). The summed E-state index contributed by atoms with van der Waals surface area (Å²) < 4.78 is 0. The molecular formula is C20H26N4O3. The lowest BCUT2D eigenvalue weighted by atomic mass is 9.77. The van der Waals surface area contributed by atoms with E-state index in [0.29, 0.717) is 19.4 Å². The van der Waals surface area contributed by atoms with Crippen LogP contribution in [0, 0.1) is 19.8 Å². The molecule has 144 valence electrons. The summed E-state index contributed by atoms with van der Waals surface area (Å²) in [5.74, 6) is -0.586. The summed E-state index contributed by atoms with van der Waals surface area (Å²) in [5.41, 5.74) is 3.96. The van der Waals surface area contributed by atoms with Crippen LogP contribution in [0.15, 0.2) is 12.1 Å². The van der Waals surface area contributed by atoms with Gasteiger partial charge in [-0.2, -0.15) is 0 Å². The molecule has 1 aromatic heterocycles. The average Bonchev–Trinajstić information content (AvgIpc) is 3.15. The highest BCUT2D eigenvalue weighted by atomic mass is 16.4. The minimum atomic E-state index is -0.857. The molecule has 2 fully saturated rings. The number of nitrogens with zero attached hydrogens (tertiary/aromatic N) is 3. The van der Waals surface area contributed by atoms with Crippen molar-refractivity contribution >= 4 is 22.9 Å². The van der Waals surface area contributed by atoms with Gasteiger partial charge in [0, 0.05) is 26.6 Å². The molecular weight excluding hydrogens is 344 g/mol. The number of piperidine rings is 1. The molecule has 2 aliphatic heterocycles. The van der Waals surface area contributed by atoms with Crippen LogP contribution in [0.2, 0.25) is 0 Å². The Hall–Kier alpha value is -2.41. The first kappa shape index (κ1) is 18.0. The second-order valence-electron chi connectivity index (χ2n) is 8.01. The number of nitrogens with one attached hydrogen (secondary N) is 1. The standard InChI is InChI=1S/C20H26N4O3/c1-12-4-5-15-18(13(12)2)22-16(21-15)11-24-8-6-20(7-9-24)14(19(26)27)10-17(25)23(20)3/h4-5,14H,6-11H2,1-3H3,(H,21,22)(H,26,27)/t14-/m0/s1. The maximum Gasteiger partial charge on any atom is 0.309 e. The normalized spacial score (nSPS) is 22.9. The number of rotatable bonds is 3. The van der Waals surface area contributed by atoms with E-state index >= 15 is 0 Å². The number of carboxylic acids is 1. The topological polar surface area (TPSA) is 89.5 Å². The van der Waals surface area contributed by atoms with E-state index in [1.165, 1.54) is 11.1 Å². The molecule has 0 unspecified atom stereocenters. The van der Waals surface area contributed by atoms with Gasteiger partial charge in [0.05, 0.1) is 29.0 Å². The molecule has 0 aliphatic carbocycles. The number of H-pyrrole nitrogens is 1. The molecule has 1 spiro atoms. The third-order valence-electron chi connectivity index (χ3n) is 6.69. The van der Waals surface area contributed by atoms with Crippen molar-refractivity contribution in [3.05, 3.63) is 29.1 Å². The zero-order chi connectivity index (χ0) is 19.3. The van der Waals surface area contributed by atoms with E-state index < -0.39 is 17.4 Å². The second kappa shape index (κ2) is 6.34. The van der Waals surface area contributed by atoms with Gasteiger partial charge in [-0.05, 0) is 43.9 Å². The van der Waals surface area contributed by atoms with Gasteiger partial charge in [-0.25, -0.2) is 4.98 Å². The first-order valence-electron chi connectivity index (χ1n) is 9.48.